The summed E-state index contributed by atoms with van der Waals surface area (Å²) in [6.45, 7) is 4.60. The summed E-state index contributed by atoms with van der Waals surface area (Å²) in [7, 11) is 1.96. The van der Waals surface area contributed by atoms with Crippen LogP contribution in [0.1, 0.15) is 12.5 Å². The zero-order valence-corrected chi connectivity index (χ0v) is 10.3. The van der Waals surface area contributed by atoms with Gasteiger partial charge in [-0.1, -0.05) is 12.1 Å². The average molecular weight is 225 g/mol. The van der Waals surface area contributed by atoms with Crippen molar-refractivity contribution in [2.24, 2.45) is 0 Å². The van der Waals surface area contributed by atoms with E-state index in [0.717, 1.165) is 25.5 Å². The van der Waals surface area contributed by atoms with Gasteiger partial charge in [-0.05, 0) is 31.7 Å². The van der Waals surface area contributed by atoms with Crippen LogP contribution in [-0.2, 0) is 11.3 Å². The Morgan fingerprint density at radius 2 is 2.00 bits per heavy atom. The molecule has 0 saturated heterocycles. The van der Waals surface area contributed by atoms with Crippen LogP contribution in [0, 0.1) is 0 Å². The number of nitrogens with one attached hydrogen (secondary N) is 1. The lowest BCUT2D eigenvalue weighted by Crippen LogP contribution is -2.04. The first-order valence-corrected chi connectivity index (χ1v) is 6.29. The van der Waals surface area contributed by atoms with E-state index in [4.69, 9.17) is 4.74 Å². The van der Waals surface area contributed by atoms with Gasteiger partial charge in [0.25, 0.3) is 0 Å². The molecule has 1 rings (SSSR count). The lowest BCUT2D eigenvalue weighted by Gasteiger charge is -2.04. The predicted octanol–water partition coefficient (Wildman–Crippen LogP) is 2.53. The molecule has 0 fully saturated rings. The van der Waals surface area contributed by atoms with Crippen LogP contribution in [0.25, 0.3) is 0 Å². The van der Waals surface area contributed by atoms with Gasteiger partial charge in [0.15, 0.2) is 0 Å². The van der Waals surface area contributed by atoms with Crippen LogP contribution in [0.2, 0.25) is 0 Å². The lowest BCUT2D eigenvalue weighted by molar-refractivity contribution is 0.164. The highest BCUT2D eigenvalue weighted by atomic mass is 32.2. The summed E-state index contributed by atoms with van der Waals surface area (Å²) < 4.78 is 5.29. The lowest BCUT2D eigenvalue weighted by atomic mass is 10.2. The maximum absolute atomic E-state index is 5.29. The minimum absolute atomic E-state index is 0.807. The Kier molecular flexibility index (Phi) is 6.48. The molecule has 0 bridgehead atoms. The summed E-state index contributed by atoms with van der Waals surface area (Å²) in [5.41, 5.74) is 1.33. The summed E-state index contributed by atoms with van der Waals surface area (Å²) in [4.78, 5) is 1.31. The van der Waals surface area contributed by atoms with Crippen LogP contribution in [0.5, 0.6) is 0 Å². The molecule has 0 aliphatic heterocycles. The average Bonchev–Trinajstić information content (AvgIpc) is 2.27. The second-order valence-electron chi connectivity index (χ2n) is 3.22. The molecule has 0 aliphatic carbocycles. The van der Waals surface area contributed by atoms with Crippen molar-refractivity contribution in [3.05, 3.63) is 29.8 Å². The van der Waals surface area contributed by atoms with Crippen molar-refractivity contribution >= 4 is 11.8 Å². The summed E-state index contributed by atoms with van der Waals surface area (Å²) in [5, 5.41) is 3.14. The predicted molar refractivity (Wildman–Crippen MR) is 66.4 cm³/mol. The maximum Gasteiger partial charge on any atom is 0.0560 e. The highest BCUT2D eigenvalue weighted by Crippen LogP contribution is 2.18. The monoisotopic (exact) mass is 225 g/mol. The van der Waals surface area contributed by atoms with Gasteiger partial charge in [-0.3, -0.25) is 0 Å². The van der Waals surface area contributed by atoms with E-state index in [-0.39, 0.29) is 0 Å². The van der Waals surface area contributed by atoms with E-state index in [1.54, 1.807) is 0 Å². The van der Waals surface area contributed by atoms with Crippen molar-refractivity contribution in [3.63, 3.8) is 0 Å². The number of thioether (sulfide) groups is 1. The molecule has 0 radical (unpaired) electrons. The third kappa shape index (κ3) is 5.21. The first-order valence-electron chi connectivity index (χ1n) is 5.31. The van der Waals surface area contributed by atoms with Gasteiger partial charge >= 0.3 is 0 Å². The molecule has 1 aromatic rings. The van der Waals surface area contributed by atoms with Crippen LogP contribution >= 0.6 is 11.8 Å². The standard InChI is InChI=1S/C12H19NOS/c1-3-14-8-9-15-12-6-4-11(5-7-12)10-13-2/h4-7,13H,3,8-10H2,1-2H3. The molecule has 0 aromatic heterocycles. The SMILES string of the molecule is CCOCCSc1ccc(CNC)cc1. The van der Waals surface area contributed by atoms with E-state index < -0.39 is 0 Å². The third-order valence-electron chi connectivity index (χ3n) is 2.00. The van der Waals surface area contributed by atoms with Crippen molar-refractivity contribution in [1.82, 2.24) is 5.32 Å². The van der Waals surface area contributed by atoms with Crippen molar-refractivity contribution < 1.29 is 4.74 Å². The fourth-order valence-electron chi connectivity index (χ4n) is 1.27. The number of benzene rings is 1. The fourth-order valence-corrected chi connectivity index (χ4v) is 2.04. The van der Waals surface area contributed by atoms with Crippen LogP contribution in [0.4, 0.5) is 0 Å². The third-order valence-corrected chi connectivity index (χ3v) is 2.98. The first-order chi connectivity index (χ1) is 7.36. The zero-order valence-electron chi connectivity index (χ0n) is 9.45. The van der Waals surface area contributed by atoms with Crippen molar-refractivity contribution in [1.29, 1.82) is 0 Å². The smallest absolute Gasteiger partial charge is 0.0560 e. The van der Waals surface area contributed by atoms with Crippen LogP contribution in [-0.4, -0.2) is 26.0 Å². The number of hydrogen-bond acceptors (Lipinski definition) is 3. The van der Waals surface area contributed by atoms with Gasteiger partial charge in [0.05, 0.1) is 6.61 Å². The van der Waals surface area contributed by atoms with Gasteiger partial charge in [0.1, 0.15) is 0 Å². The summed E-state index contributed by atoms with van der Waals surface area (Å²) in [6, 6.07) is 8.67. The minimum atomic E-state index is 0.807. The Balaban J connectivity index is 2.29. The number of rotatable bonds is 7. The first kappa shape index (κ1) is 12.6. The molecule has 3 heteroatoms. The topological polar surface area (TPSA) is 21.3 Å². The Morgan fingerprint density at radius 3 is 2.60 bits per heavy atom. The van der Waals surface area contributed by atoms with Crippen molar-refractivity contribution in [2.75, 3.05) is 26.0 Å². The molecule has 0 unspecified atom stereocenters. The van der Waals surface area contributed by atoms with Crippen LogP contribution in [0.15, 0.2) is 29.2 Å². The summed E-state index contributed by atoms with van der Waals surface area (Å²) in [6.07, 6.45) is 0. The molecule has 0 amide bonds. The Morgan fingerprint density at radius 1 is 1.27 bits per heavy atom. The van der Waals surface area contributed by atoms with Crippen molar-refractivity contribution in [3.8, 4) is 0 Å². The van der Waals surface area contributed by atoms with Gasteiger partial charge in [-0.25, -0.2) is 0 Å². The van der Waals surface area contributed by atoms with E-state index >= 15 is 0 Å². The molecule has 15 heavy (non-hydrogen) atoms. The molecule has 1 aromatic carbocycles. The molecular formula is C12H19NOS. The maximum atomic E-state index is 5.29. The molecule has 0 saturated carbocycles. The highest BCUT2D eigenvalue weighted by molar-refractivity contribution is 7.99. The van der Waals surface area contributed by atoms with E-state index in [2.05, 4.69) is 29.6 Å². The van der Waals surface area contributed by atoms with E-state index in [9.17, 15) is 0 Å². The van der Waals surface area contributed by atoms with Gasteiger partial charge in [-0.2, -0.15) is 0 Å². The van der Waals surface area contributed by atoms with Gasteiger partial charge < -0.3 is 10.1 Å². The van der Waals surface area contributed by atoms with Gasteiger partial charge in [-0.15, -0.1) is 11.8 Å². The Bertz CT molecular complexity index is 261. The van der Waals surface area contributed by atoms with Crippen LogP contribution in [0.3, 0.4) is 0 Å². The molecular weight excluding hydrogens is 206 g/mol. The molecule has 0 atom stereocenters. The second kappa shape index (κ2) is 7.74. The quantitative estimate of drug-likeness (QED) is 0.569. The fraction of sp³-hybridized carbons (Fsp3) is 0.500. The molecule has 84 valence electrons. The van der Waals surface area contributed by atoms with Crippen LogP contribution < -0.4 is 5.32 Å². The van der Waals surface area contributed by atoms with E-state index in [1.165, 1.54) is 10.5 Å². The molecule has 2 nitrogen and oxygen atoms in total. The van der Waals surface area contributed by atoms with E-state index in [0.29, 0.717) is 0 Å². The number of hydrogen-bond donors (Lipinski definition) is 1. The zero-order chi connectivity index (χ0) is 10.9. The summed E-state index contributed by atoms with van der Waals surface area (Å²) in [5.74, 6) is 1.03. The number of ether oxygens (including phenoxy) is 1. The molecule has 1 N–H and O–H groups in total. The largest absolute Gasteiger partial charge is 0.381 e. The molecule has 0 aliphatic rings. The van der Waals surface area contributed by atoms with E-state index in [1.807, 2.05) is 25.7 Å². The van der Waals surface area contributed by atoms with Gasteiger partial charge in [0.2, 0.25) is 0 Å². The Hall–Kier alpha value is -0.510. The van der Waals surface area contributed by atoms with Gasteiger partial charge in [0, 0.05) is 23.8 Å². The summed E-state index contributed by atoms with van der Waals surface area (Å²) >= 11 is 1.84. The second-order valence-corrected chi connectivity index (χ2v) is 4.39. The molecule has 0 heterocycles. The minimum Gasteiger partial charge on any atom is -0.381 e. The normalized spacial score (nSPS) is 10.5. The Labute approximate surface area is 96.4 Å². The van der Waals surface area contributed by atoms with Crippen molar-refractivity contribution in [2.45, 2.75) is 18.4 Å². The molecule has 0 spiro atoms. The highest BCUT2D eigenvalue weighted by Gasteiger charge is 1.95.